The Morgan fingerprint density at radius 3 is 2.30 bits per heavy atom. The van der Waals surface area contributed by atoms with Gasteiger partial charge >= 0.3 is 0 Å². The molecule has 1 fully saturated rings. The number of anilines is 1. The van der Waals surface area contributed by atoms with Gasteiger partial charge in [0.05, 0.1) is 0 Å². The Labute approximate surface area is 139 Å². The van der Waals surface area contributed by atoms with Crippen LogP contribution in [0.25, 0.3) is 0 Å². The average Bonchev–Trinajstić information content (AvgIpc) is 2.76. The third-order valence-corrected chi connectivity index (χ3v) is 4.70. The van der Waals surface area contributed by atoms with Gasteiger partial charge in [0.2, 0.25) is 11.8 Å². The highest BCUT2D eigenvalue weighted by Gasteiger charge is 2.19. The van der Waals surface area contributed by atoms with E-state index in [-0.39, 0.29) is 24.4 Å². The standard InChI is InChI=1S/C19H28N2O2/c1-14-10-11-18(12-15(14)2)21(16(3)22)13-19(23)20-17-8-6-4-5-7-9-17/h10-12,17H,4-9,13H2,1-3H3,(H,20,23). The normalized spacial score (nSPS) is 15.8. The van der Waals surface area contributed by atoms with E-state index in [0.29, 0.717) is 0 Å². The molecule has 0 saturated heterocycles. The quantitative estimate of drug-likeness (QED) is 0.864. The molecule has 0 atom stereocenters. The monoisotopic (exact) mass is 316 g/mol. The lowest BCUT2D eigenvalue weighted by Gasteiger charge is -2.23. The first-order valence-electron chi connectivity index (χ1n) is 8.62. The van der Waals surface area contributed by atoms with Gasteiger partial charge in [0.1, 0.15) is 6.54 Å². The van der Waals surface area contributed by atoms with Crippen molar-refractivity contribution in [3.8, 4) is 0 Å². The predicted molar refractivity (Wildman–Crippen MR) is 93.6 cm³/mol. The predicted octanol–water partition coefficient (Wildman–Crippen LogP) is 3.50. The zero-order valence-electron chi connectivity index (χ0n) is 14.5. The molecule has 23 heavy (non-hydrogen) atoms. The third-order valence-electron chi connectivity index (χ3n) is 4.70. The van der Waals surface area contributed by atoms with Gasteiger partial charge in [0, 0.05) is 18.7 Å². The molecular formula is C19H28N2O2. The number of rotatable bonds is 4. The molecule has 1 aromatic rings. The van der Waals surface area contributed by atoms with E-state index >= 15 is 0 Å². The summed E-state index contributed by atoms with van der Waals surface area (Å²) in [7, 11) is 0. The summed E-state index contributed by atoms with van der Waals surface area (Å²) in [5.41, 5.74) is 3.09. The number of nitrogens with zero attached hydrogens (tertiary/aromatic N) is 1. The summed E-state index contributed by atoms with van der Waals surface area (Å²) in [6, 6.07) is 6.13. The second-order valence-electron chi connectivity index (χ2n) is 6.63. The second-order valence-corrected chi connectivity index (χ2v) is 6.63. The summed E-state index contributed by atoms with van der Waals surface area (Å²) in [4.78, 5) is 25.9. The van der Waals surface area contributed by atoms with E-state index < -0.39 is 0 Å². The molecule has 2 rings (SSSR count). The minimum atomic E-state index is -0.107. The van der Waals surface area contributed by atoms with Crippen LogP contribution in [0.3, 0.4) is 0 Å². The van der Waals surface area contributed by atoms with Crippen LogP contribution in [0, 0.1) is 13.8 Å². The lowest BCUT2D eigenvalue weighted by Crippen LogP contribution is -2.43. The summed E-state index contributed by atoms with van der Waals surface area (Å²) in [6.45, 7) is 5.65. The molecule has 4 nitrogen and oxygen atoms in total. The van der Waals surface area contributed by atoms with Gasteiger partial charge in [0.25, 0.3) is 0 Å². The average molecular weight is 316 g/mol. The topological polar surface area (TPSA) is 49.4 Å². The Kier molecular flexibility index (Phi) is 6.20. The van der Waals surface area contributed by atoms with Crippen LogP contribution in [-0.2, 0) is 9.59 Å². The first kappa shape index (κ1) is 17.5. The van der Waals surface area contributed by atoms with Gasteiger partial charge in [-0.3, -0.25) is 9.59 Å². The molecule has 0 unspecified atom stereocenters. The maximum Gasteiger partial charge on any atom is 0.240 e. The summed E-state index contributed by atoms with van der Waals surface area (Å²) >= 11 is 0. The van der Waals surface area contributed by atoms with Crippen LogP contribution in [0.15, 0.2) is 18.2 Å². The van der Waals surface area contributed by atoms with Gasteiger partial charge in [-0.2, -0.15) is 0 Å². The van der Waals surface area contributed by atoms with Crippen LogP contribution < -0.4 is 10.2 Å². The SMILES string of the molecule is CC(=O)N(CC(=O)NC1CCCCCC1)c1ccc(C)c(C)c1. The fourth-order valence-electron chi connectivity index (χ4n) is 3.12. The molecule has 0 heterocycles. The van der Waals surface area contributed by atoms with Gasteiger partial charge in [-0.15, -0.1) is 0 Å². The minimum absolute atomic E-state index is 0.0645. The van der Waals surface area contributed by atoms with Crippen molar-refractivity contribution < 1.29 is 9.59 Å². The van der Waals surface area contributed by atoms with Crippen LogP contribution in [0.4, 0.5) is 5.69 Å². The molecule has 1 aliphatic rings. The Balaban J connectivity index is 2.02. The van der Waals surface area contributed by atoms with E-state index in [0.717, 1.165) is 24.1 Å². The van der Waals surface area contributed by atoms with Crippen molar-refractivity contribution in [2.45, 2.75) is 65.3 Å². The smallest absolute Gasteiger partial charge is 0.240 e. The fraction of sp³-hybridized carbons (Fsp3) is 0.579. The number of aryl methyl sites for hydroxylation is 2. The molecule has 2 amide bonds. The van der Waals surface area contributed by atoms with Crippen LogP contribution in [0.2, 0.25) is 0 Å². The highest BCUT2D eigenvalue weighted by Crippen LogP contribution is 2.20. The van der Waals surface area contributed by atoms with Crippen LogP contribution in [-0.4, -0.2) is 24.4 Å². The van der Waals surface area contributed by atoms with E-state index in [1.165, 1.54) is 38.2 Å². The molecule has 0 aliphatic heterocycles. The number of carbonyl (C=O) groups excluding carboxylic acids is 2. The Bertz CT molecular complexity index is 560. The second kappa shape index (κ2) is 8.14. The van der Waals surface area contributed by atoms with Crippen molar-refractivity contribution in [1.29, 1.82) is 0 Å². The molecule has 0 aromatic heterocycles. The van der Waals surface area contributed by atoms with E-state index in [2.05, 4.69) is 5.32 Å². The van der Waals surface area contributed by atoms with Crippen molar-refractivity contribution in [2.75, 3.05) is 11.4 Å². The van der Waals surface area contributed by atoms with E-state index in [1.807, 2.05) is 32.0 Å². The van der Waals surface area contributed by atoms with Gasteiger partial charge < -0.3 is 10.2 Å². The van der Waals surface area contributed by atoms with Gasteiger partial charge in [-0.1, -0.05) is 31.7 Å². The zero-order valence-corrected chi connectivity index (χ0v) is 14.5. The molecule has 1 aromatic carbocycles. The molecule has 1 saturated carbocycles. The summed E-state index contributed by atoms with van der Waals surface area (Å²) in [5.74, 6) is -0.172. The Hall–Kier alpha value is -1.84. The number of amides is 2. The third kappa shape index (κ3) is 5.08. The Morgan fingerprint density at radius 1 is 1.09 bits per heavy atom. The molecule has 0 bridgehead atoms. The Morgan fingerprint density at radius 2 is 1.74 bits per heavy atom. The van der Waals surface area contributed by atoms with Gasteiger partial charge in [-0.05, 0) is 49.9 Å². The van der Waals surface area contributed by atoms with Crippen molar-refractivity contribution >= 4 is 17.5 Å². The van der Waals surface area contributed by atoms with Crippen molar-refractivity contribution in [3.63, 3.8) is 0 Å². The molecule has 1 N–H and O–H groups in total. The number of hydrogen-bond acceptors (Lipinski definition) is 2. The van der Waals surface area contributed by atoms with E-state index in [4.69, 9.17) is 0 Å². The van der Waals surface area contributed by atoms with Gasteiger partial charge in [0.15, 0.2) is 0 Å². The zero-order chi connectivity index (χ0) is 16.8. The van der Waals surface area contributed by atoms with Crippen LogP contribution in [0.1, 0.15) is 56.6 Å². The molecule has 0 spiro atoms. The fourth-order valence-corrected chi connectivity index (χ4v) is 3.12. The first-order valence-corrected chi connectivity index (χ1v) is 8.62. The highest BCUT2D eigenvalue weighted by molar-refractivity contribution is 5.97. The minimum Gasteiger partial charge on any atom is -0.352 e. The number of benzene rings is 1. The maximum absolute atomic E-state index is 12.4. The molecule has 1 aliphatic carbocycles. The summed E-state index contributed by atoms with van der Waals surface area (Å²) < 4.78 is 0. The molecular weight excluding hydrogens is 288 g/mol. The van der Waals surface area contributed by atoms with Crippen LogP contribution in [0.5, 0.6) is 0 Å². The molecule has 0 radical (unpaired) electrons. The number of carbonyl (C=O) groups is 2. The largest absolute Gasteiger partial charge is 0.352 e. The van der Waals surface area contributed by atoms with Crippen molar-refractivity contribution in [1.82, 2.24) is 5.32 Å². The lowest BCUT2D eigenvalue weighted by molar-refractivity contribution is -0.123. The van der Waals surface area contributed by atoms with Gasteiger partial charge in [-0.25, -0.2) is 0 Å². The van der Waals surface area contributed by atoms with Crippen molar-refractivity contribution in [3.05, 3.63) is 29.3 Å². The molecule has 126 valence electrons. The molecule has 4 heteroatoms. The summed E-state index contributed by atoms with van der Waals surface area (Å²) in [5, 5.41) is 3.11. The number of nitrogens with one attached hydrogen (secondary N) is 1. The summed E-state index contributed by atoms with van der Waals surface area (Å²) in [6.07, 6.45) is 6.98. The maximum atomic E-state index is 12.4. The van der Waals surface area contributed by atoms with E-state index in [9.17, 15) is 9.59 Å². The first-order chi connectivity index (χ1) is 11.0. The number of hydrogen-bond donors (Lipinski definition) is 1. The highest BCUT2D eigenvalue weighted by atomic mass is 16.2. The van der Waals surface area contributed by atoms with Crippen LogP contribution >= 0.6 is 0 Å². The van der Waals surface area contributed by atoms with E-state index in [1.54, 1.807) is 4.90 Å². The lowest BCUT2D eigenvalue weighted by atomic mass is 10.1. The van der Waals surface area contributed by atoms with Crippen molar-refractivity contribution in [2.24, 2.45) is 0 Å².